The number of fused-ring (bicyclic) bond motifs is 1. The molecule has 0 atom stereocenters. The number of hydrogen-bond acceptors (Lipinski definition) is 4. The lowest BCUT2D eigenvalue weighted by atomic mass is 10.0. The first kappa shape index (κ1) is 22.7. The van der Waals surface area contributed by atoms with Crippen LogP contribution in [-0.2, 0) is 17.8 Å². The summed E-state index contributed by atoms with van der Waals surface area (Å²) in [6.45, 7) is 6.08. The number of carbonyl (C=O) groups is 1. The van der Waals surface area contributed by atoms with Crippen LogP contribution in [0.25, 0.3) is 11.0 Å². The van der Waals surface area contributed by atoms with Gasteiger partial charge in [0.05, 0.1) is 24.8 Å². The minimum absolute atomic E-state index is 0.0888. The van der Waals surface area contributed by atoms with Crippen LogP contribution in [0.2, 0.25) is 0 Å². The van der Waals surface area contributed by atoms with Crippen LogP contribution in [0.1, 0.15) is 38.9 Å². The first-order chi connectivity index (χ1) is 15.2. The summed E-state index contributed by atoms with van der Waals surface area (Å²) in [4.78, 5) is 17.1. The number of aryl methyl sites for hydroxylation is 1. The second kappa shape index (κ2) is 11.4. The van der Waals surface area contributed by atoms with Gasteiger partial charge in [0.2, 0.25) is 5.91 Å². The molecule has 0 bridgehead atoms. The number of carbonyl (C=O) groups excluding carboxylic acids is 1. The molecule has 0 aliphatic rings. The zero-order valence-corrected chi connectivity index (χ0v) is 18.8. The van der Waals surface area contributed by atoms with Gasteiger partial charge < -0.3 is 19.4 Å². The predicted octanol–water partition coefficient (Wildman–Crippen LogP) is 4.61. The molecular formula is C25H33N3O3. The van der Waals surface area contributed by atoms with Crippen LogP contribution in [-0.4, -0.2) is 35.7 Å². The summed E-state index contributed by atoms with van der Waals surface area (Å²) in [5.41, 5.74) is 2.09. The molecule has 0 aliphatic heterocycles. The molecule has 1 heterocycles. The molecule has 1 aromatic heterocycles. The maximum absolute atomic E-state index is 12.3. The molecule has 0 saturated heterocycles. The molecule has 3 aromatic rings. The van der Waals surface area contributed by atoms with E-state index in [0.717, 1.165) is 54.2 Å². The number of aromatic nitrogens is 2. The average Bonchev–Trinajstić information content (AvgIpc) is 3.15. The van der Waals surface area contributed by atoms with Gasteiger partial charge in [-0.25, -0.2) is 4.98 Å². The smallest absolute Gasteiger partial charge is 0.223 e. The Hall–Kier alpha value is -3.02. The summed E-state index contributed by atoms with van der Waals surface area (Å²) in [6.07, 6.45) is 3.28. The standard InChI is InChI=1S/C25H33N3O3/c1-4-19(5-2)25(29)26-16-15-24-27-20-11-6-7-12-21(20)28(24)17-10-18-31-23-14-9-8-13-22(23)30-3/h6-9,11-14,19H,4-5,10,15-18H2,1-3H3,(H,26,29). The number of nitrogens with one attached hydrogen (secondary N) is 1. The van der Waals surface area contributed by atoms with E-state index < -0.39 is 0 Å². The SMILES string of the molecule is CCC(CC)C(=O)NCCc1nc2ccccc2n1CCCOc1ccccc1OC. The molecule has 6 nitrogen and oxygen atoms in total. The number of rotatable bonds is 12. The van der Waals surface area contributed by atoms with Gasteiger partial charge in [-0.3, -0.25) is 4.79 Å². The van der Waals surface area contributed by atoms with Gasteiger partial charge in [-0.05, 0) is 43.5 Å². The summed E-state index contributed by atoms with van der Waals surface area (Å²) in [5, 5.41) is 3.08. The third-order valence-corrected chi connectivity index (χ3v) is 5.59. The van der Waals surface area contributed by atoms with Crippen molar-refractivity contribution < 1.29 is 14.3 Å². The normalized spacial score (nSPS) is 11.1. The first-order valence-corrected chi connectivity index (χ1v) is 11.2. The van der Waals surface area contributed by atoms with Gasteiger partial charge in [-0.2, -0.15) is 0 Å². The molecule has 31 heavy (non-hydrogen) atoms. The molecule has 0 spiro atoms. The Morgan fingerprint density at radius 3 is 2.52 bits per heavy atom. The van der Waals surface area contributed by atoms with Gasteiger partial charge in [0, 0.05) is 25.4 Å². The van der Waals surface area contributed by atoms with E-state index >= 15 is 0 Å². The largest absolute Gasteiger partial charge is 0.493 e. The molecule has 0 saturated carbocycles. The minimum atomic E-state index is 0.0888. The molecule has 2 aromatic carbocycles. The van der Waals surface area contributed by atoms with E-state index in [2.05, 4.69) is 29.8 Å². The molecule has 0 radical (unpaired) electrons. The van der Waals surface area contributed by atoms with E-state index in [1.165, 1.54) is 0 Å². The highest BCUT2D eigenvalue weighted by molar-refractivity contribution is 5.78. The van der Waals surface area contributed by atoms with E-state index in [0.29, 0.717) is 19.6 Å². The van der Waals surface area contributed by atoms with Crippen molar-refractivity contribution in [2.24, 2.45) is 5.92 Å². The fraction of sp³-hybridized carbons (Fsp3) is 0.440. The summed E-state index contributed by atoms with van der Waals surface area (Å²) in [7, 11) is 1.65. The topological polar surface area (TPSA) is 65.4 Å². The second-order valence-electron chi connectivity index (χ2n) is 7.58. The minimum Gasteiger partial charge on any atom is -0.493 e. The van der Waals surface area contributed by atoms with Crippen molar-refractivity contribution in [3.8, 4) is 11.5 Å². The number of methoxy groups -OCH3 is 1. The molecule has 166 valence electrons. The number of para-hydroxylation sites is 4. The molecule has 0 unspecified atom stereocenters. The van der Waals surface area contributed by atoms with Crippen molar-refractivity contribution >= 4 is 16.9 Å². The Bertz CT molecular complexity index is 979. The van der Waals surface area contributed by atoms with E-state index in [9.17, 15) is 4.79 Å². The first-order valence-electron chi connectivity index (χ1n) is 11.2. The maximum Gasteiger partial charge on any atom is 0.223 e. The van der Waals surface area contributed by atoms with Gasteiger partial charge in [0.25, 0.3) is 0 Å². The van der Waals surface area contributed by atoms with Crippen LogP contribution < -0.4 is 14.8 Å². The summed E-state index contributed by atoms with van der Waals surface area (Å²) in [6, 6.07) is 15.8. The van der Waals surface area contributed by atoms with Crippen molar-refractivity contribution in [1.29, 1.82) is 0 Å². The number of ether oxygens (including phenoxy) is 2. The van der Waals surface area contributed by atoms with Gasteiger partial charge in [0.1, 0.15) is 5.82 Å². The molecule has 1 N–H and O–H groups in total. The summed E-state index contributed by atoms with van der Waals surface area (Å²) >= 11 is 0. The number of imidazole rings is 1. The zero-order chi connectivity index (χ0) is 22.1. The van der Waals surface area contributed by atoms with Gasteiger partial charge >= 0.3 is 0 Å². The van der Waals surface area contributed by atoms with Gasteiger partial charge in [-0.1, -0.05) is 38.1 Å². The van der Waals surface area contributed by atoms with E-state index in [1.54, 1.807) is 7.11 Å². The fourth-order valence-corrected chi connectivity index (χ4v) is 3.81. The Labute approximate surface area is 184 Å². The van der Waals surface area contributed by atoms with E-state index in [4.69, 9.17) is 14.5 Å². The Morgan fingerprint density at radius 1 is 1.06 bits per heavy atom. The average molecular weight is 424 g/mol. The number of benzene rings is 2. The highest BCUT2D eigenvalue weighted by Gasteiger charge is 2.15. The van der Waals surface area contributed by atoms with Crippen LogP contribution in [0.5, 0.6) is 11.5 Å². The summed E-state index contributed by atoms with van der Waals surface area (Å²) in [5.74, 6) is 2.71. The quantitative estimate of drug-likeness (QED) is 0.432. The highest BCUT2D eigenvalue weighted by atomic mass is 16.5. The van der Waals surface area contributed by atoms with Crippen molar-refractivity contribution in [3.63, 3.8) is 0 Å². The van der Waals surface area contributed by atoms with Crippen LogP contribution in [0.15, 0.2) is 48.5 Å². The van der Waals surface area contributed by atoms with Crippen molar-refractivity contribution in [1.82, 2.24) is 14.9 Å². The Kier molecular flexibility index (Phi) is 8.33. The highest BCUT2D eigenvalue weighted by Crippen LogP contribution is 2.26. The molecule has 0 fully saturated rings. The Balaban J connectivity index is 1.62. The molecule has 3 rings (SSSR count). The molecule has 1 amide bonds. The van der Waals surface area contributed by atoms with Crippen LogP contribution in [0.3, 0.4) is 0 Å². The number of nitrogens with zero attached hydrogens (tertiary/aromatic N) is 2. The zero-order valence-electron chi connectivity index (χ0n) is 18.8. The number of amides is 1. The van der Waals surface area contributed by atoms with E-state index in [-0.39, 0.29) is 11.8 Å². The predicted molar refractivity (Wildman–Crippen MR) is 124 cm³/mol. The lowest BCUT2D eigenvalue weighted by molar-refractivity contribution is -0.125. The second-order valence-corrected chi connectivity index (χ2v) is 7.58. The molecule has 6 heteroatoms. The summed E-state index contributed by atoms with van der Waals surface area (Å²) < 4.78 is 13.5. The lowest BCUT2D eigenvalue weighted by Gasteiger charge is -2.14. The third kappa shape index (κ3) is 5.78. The Morgan fingerprint density at radius 2 is 1.77 bits per heavy atom. The van der Waals surface area contributed by atoms with Crippen LogP contribution in [0, 0.1) is 5.92 Å². The van der Waals surface area contributed by atoms with Crippen molar-refractivity contribution in [2.75, 3.05) is 20.3 Å². The van der Waals surface area contributed by atoms with Crippen molar-refractivity contribution in [2.45, 2.75) is 46.1 Å². The van der Waals surface area contributed by atoms with E-state index in [1.807, 2.05) is 42.5 Å². The van der Waals surface area contributed by atoms with Crippen LogP contribution >= 0.6 is 0 Å². The fourth-order valence-electron chi connectivity index (χ4n) is 3.81. The maximum atomic E-state index is 12.3. The lowest BCUT2D eigenvalue weighted by Crippen LogP contribution is -2.32. The molecular weight excluding hydrogens is 390 g/mol. The van der Waals surface area contributed by atoms with Gasteiger partial charge in [-0.15, -0.1) is 0 Å². The monoisotopic (exact) mass is 423 g/mol. The van der Waals surface area contributed by atoms with Crippen molar-refractivity contribution in [3.05, 3.63) is 54.4 Å². The number of hydrogen-bond donors (Lipinski definition) is 1. The van der Waals surface area contributed by atoms with Crippen LogP contribution in [0.4, 0.5) is 0 Å². The van der Waals surface area contributed by atoms with Gasteiger partial charge in [0.15, 0.2) is 11.5 Å². The molecule has 0 aliphatic carbocycles. The third-order valence-electron chi connectivity index (χ3n) is 5.59.